The molecule has 1 fully saturated rings. The number of hydrogen-bond acceptors (Lipinski definition) is 2. The highest BCUT2D eigenvalue weighted by molar-refractivity contribution is 5.96. The van der Waals surface area contributed by atoms with E-state index in [-0.39, 0.29) is 5.84 Å². The Hall–Kier alpha value is -1.35. The van der Waals surface area contributed by atoms with E-state index in [1.807, 2.05) is 13.0 Å². The number of amidine groups is 1. The molecular weight excluding hydrogens is 198 g/mol. The van der Waals surface area contributed by atoms with Crippen molar-refractivity contribution in [1.82, 2.24) is 5.32 Å². The summed E-state index contributed by atoms with van der Waals surface area (Å²) in [4.78, 5) is 0. The minimum Gasteiger partial charge on any atom is -0.384 e. The van der Waals surface area contributed by atoms with E-state index in [0.717, 1.165) is 24.2 Å². The van der Waals surface area contributed by atoms with Crippen molar-refractivity contribution in [1.29, 1.82) is 5.41 Å². The molecule has 0 spiro atoms. The molecule has 0 unspecified atom stereocenters. The summed E-state index contributed by atoms with van der Waals surface area (Å²) >= 11 is 0. The van der Waals surface area contributed by atoms with Crippen molar-refractivity contribution in [2.45, 2.75) is 25.7 Å². The Morgan fingerprint density at radius 2 is 2.06 bits per heavy atom. The topological polar surface area (TPSA) is 61.9 Å². The van der Waals surface area contributed by atoms with Crippen LogP contribution in [0.1, 0.15) is 35.4 Å². The number of benzene rings is 1. The summed E-state index contributed by atoms with van der Waals surface area (Å²) in [6.45, 7) is 4.25. The van der Waals surface area contributed by atoms with Gasteiger partial charge in [-0.2, -0.15) is 0 Å². The zero-order chi connectivity index (χ0) is 11.5. The van der Waals surface area contributed by atoms with Crippen molar-refractivity contribution < 1.29 is 0 Å². The Kier molecular flexibility index (Phi) is 3.25. The number of aryl methyl sites for hydroxylation is 1. The van der Waals surface area contributed by atoms with Gasteiger partial charge in [0.25, 0.3) is 0 Å². The first kappa shape index (κ1) is 11.1. The molecule has 16 heavy (non-hydrogen) atoms. The molecular formula is C13H19N3. The summed E-state index contributed by atoms with van der Waals surface area (Å²) in [6, 6.07) is 6.29. The van der Waals surface area contributed by atoms with E-state index in [1.54, 1.807) is 0 Å². The highest BCUT2D eigenvalue weighted by Gasteiger charge is 2.15. The van der Waals surface area contributed by atoms with E-state index in [9.17, 15) is 0 Å². The van der Waals surface area contributed by atoms with Crippen LogP contribution in [0.15, 0.2) is 18.2 Å². The first-order chi connectivity index (χ1) is 7.68. The number of hydrogen-bond donors (Lipinski definition) is 3. The van der Waals surface area contributed by atoms with Gasteiger partial charge in [0.2, 0.25) is 0 Å². The molecule has 86 valence electrons. The zero-order valence-corrected chi connectivity index (χ0v) is 9.72. The number of nitrogens with one attached hydrogen (secondary N) is 2. The molecule has 0 saturated carbocycles. The smallest absolute Gasteiger partial charge is 0.123 e. The van der Waals surface area contributed by atoms with E-state index in [2.05, 4.69) is 17.4 Å². The second-order valence-corrected chi connectivity index (χ2v) is 4.51. The first-order valence-corrected chi connectivity index (χ1v) is 5.84. The van der Waals surface area contributed by atoms with Crippen LogP contribution in [0.2, 0.25) is 0 Å². The minimum absolute atomic E-state index is 0.161. The summed E-state index contributed by atoms with van der Waals surface area (Å²) in [7, 11) is 0. The Bertz CT molecular complexity index is 392. The van der Waals surface area contributed by atoms with Gasteiger partial charge in [-0.15, -0.1) is 0 Å². The summed E-state index contributed by atoms with van der Waals surface area (Å²) in [6.07, 6.45) is 2.41. The molecule has 3 nitrogen and oxygen atoms in total. The lowest BCUT2D eigenvalue weighted by molar-refractivity contribution is 0.460. The van der Waals surface area contributed by atoms with E-state index in [1.165, 1.54) is 18.4 Å². The van der Waals surface area contributed by atoms with Crippen molar-refractivity contribution in [3.8, 4) is 0 Å². The molecule has 1 aliphatic rings. The van der Waals surface area contributed by atoms with Crippen LogP contribution in [0.3, 0.4) is 0 Å². The predicted octanol–water partition coefficient (Wildman–Crippen LogP) is 1.75. The SMILES string of the molecule is Cc1cc(C2CCNCC2)ccc1C(=N)N. The average molecular weight is 217 g/mol. The third-order valence-electron chi connectivity index (χ3n) is 3.35. The maximum atomic E-state index is 7.46. The van der Waals surface area contributed by atoms with Crippen molar-refractivity contribution in [2.24, 2.45) is 5.73 Å². The van der Waals surface area contributed by atoms with Crippen LogP contribution < -0.4 is 11.1 Å². The van der Waals surface area contributed by atoms with Crippen LogP contribution in [0.25, 0.3) is 0 Å². The molecule has 0 atom stereocenters. The number of nitrogens with two attached hydrogens (primary N) is 1. The monoisotopic (exact) mass is 217 g/mol. The second kappa shape index (κ2) is 4.66. The van der Waals surface area contributed by atoms with Crippen molar-refractivity contribution >= 4 is 5.84 Å². The van der Waals surface area contributed by atoms with Gasteiger partial charge in [-0.3, -0.25) is 5.41 Å². The molecule has 3 heteroatoms. The molecule has 1 heterocycles. The van der Waals surface area contributed by atoms with Gasteiger partial charge in [-0.05, 0) is 49.9 Å². The molecule has 1 aromatic carbocycles. The van der Waals surface area contributed by atoms with Gasteiger partial charge in [-0.1, -0.05) is 18.2 Å². The second-order valence-electron chi connectivity index (χ2n) is 4.51. The molecule has 1 aromatic rings. The Morgan fingerprint density at radius 1 is 1.38 bits per heavy atom. The Morgan fingerprint density at radius 3 is 2.62 bits per heavy atom. The number of rotatable bonds is 2. The van der Waals surface area contributed by atoms with Gasteiger partial charge in [0.1, 0.15) is 5.84 Å². The van der Waals surface area contributed by atoms with Crippen molar-refractivity contribution in [3.63, 3.8) is 0 Å². The maximum Gasteiger partial charge on any atom is 0.123 e. The largest absolute Gasteiger partial charge is 0.384 e. The predicted molar refractivity (Wildman–Crippen MR) is 67.0 cm³/mol. The fraction of sp³-hybridized carbons (Fsp3) is 0.462. The van der Waals surface area contributed by atoms with E-state index in [4.69, 9.17) is 11.1 Å². The molecule has 0 aliphatic carbocycles. The third kappa shape index (κ3) is 2.25. The number of nitrogen functional groups attached to an aromatic ring is 1. The van der Waals surface area contributed by atoms with Crippen LogP contribution in [0, 0.1) is 12.3 Å². The van der Waals surface area contributed by atoms with Crippen LogP contribution in [-0.4, -0.2) is 18.9 Å². The molecule has 0 amide bonds. The van der Waals surface area contributed by atoms with Crippen molar-refractivity contribution in [3.05, 3.63) is 34.9 Å². The van der Waals surface area contributed by atoms with Gasteiger partial charge >= 0.3 is 0 Å². The summed E-state index contributed by atoms with van der Waals surface area (Å²) < 4.78 is 0. The van der Waals surface area contributed by atoms with Gasteiger partial charge < -0.3 is 11.1 Å². The highest BCUT2D eigenvalue weighted by atomic mass is 14.9. The van der Waals surface area contributed by atoms with Gasteiger partial charge in [0.15, 0.2) is 0 Å². The first-order valence-electron chi connectivity index (χ1n) is 5.84. The summed E-state index contributed by atoms with van der Waals surface area (Å²) in [5.74, 6) is 0.829. The Labute approximate surface area is 96.6 Å². The van der Waals surface area contributed by atoms with Gasteiger partial charge in [0.05, 0.1) is 0 Å². The van der Waals surface area contributed by atoms with E-state index < -0.39 is 0 Å². The summed E-state index contributed by atoms with van der Waals surface area (Å²) in [5, 5.41) is 10.8. The van der Waals surface area contributed by atoms with Crippen LogP contribution in [-0.2, 0) is 0 Å². The minimum atomic E-state index is 0.161. The maximum absolute atomic E-state index is 7.46. The van der Waals surface area contributed by atoms with Crippen LogP contribution in [0.4, 0.5) is 0 Å². The Balaban J connectivity index is 2.23. The van der Waals surface area contributed by atoms with Crippen molar-refractivity contribution in [2.75, 3.05) is 13.1 Å². The zero-order valence-electron chi connectivity index (χ0n) is 9.72. The highest BCUT2D eigenvalue weighted by Crippen LogP contribution is 2.26. The van der Waals surface area contributed by atoms with E-state index >= 15 is 0 Å². The number of piperidine rings is 1. The van der Waals surface area contributed by atoms with Gasteiger partial charge in [-0.25, -0.2) is 0 Å². The lowest BCUT2D eigenvalue weighted by atomic mass is 9.88. The quantitative estimate of drug-likeness (QED) is 0.522. The molecule has 2 rings (SSSR count). The van der Waals surface area contributed by atoms with Crippen LogP contribution in [0.5, 0.6) is 0 Å². The molecule has 1 saturated heterocycles. The fourth-order valence-corrected chi connectivity index (χ4v) is 2.40. The molecule has 0 bridgehead atoms. The van der Waals surface area contributed by atoms with Crippen LogP contribution >= 0.6 is 0 Å². The third-order valence-corrected chi connectivity index (χ3v) is 3.35. The molecule has 4 N–H and O–H groups in total. The lowest BCUT2D eigenvalue weighted by Crippen LogP contribution is -2.26. The molecule has 0 radical (unpaired) electrons. The fourth-order valence-electron chi connectivity index (χ4n) is 2.40. The lowest BCUT2D eigenvalue weighted by Gasteiger charge is -2.23. The molecule has 0 aromatic heterocycles. The normalized spacial score (nSPS) is 17.3. The average Bonchev–Trinajstić information content (AvgIpc) is 2.29. The standard InChI is InChI=1S/C13H19N3/c1-9-8-11(2-3-12(9)13(14)15)10-4-6-16-7-5-10/h2-3,8,10,16H,4-7H2,1H3,(H3,14,15). The van der Waals surface area contributed by atoms with E-state index in [0.29, 0.717) is 5.92 Å². The molecule has 1 aliphatic heterocycles. The van der Waals surface area contributed by atoms with Gasteiger partial charge in [0, 0.05) is 5.56 Å². The summed E-state index contributed by atoms with van der Waals surface area (Å²) in [5.41, 5.74) is 8.88.